The van der Waals surface area contributed by atoms with Gasteiger partial charge in [-0.2, -0.15) is 0 Å². The fourth-order valence-electron chi connectivity index (χ4n) is 5.23. The average molecular weight is 344 g/mol. The van der Waals surface area contributed by atoms with E-state index < -0.39 is 13.1 Å². The molecule has 0 amide bonds. The first-order chi connectivity index (χ1) is 11.8. The third-order valence-electron chi connectivity index (χ3n) is 6.87. The Morgan fingerprint density at radius 2 is 2.00 bits per heavy atom. The molecule has 1 aromatic carbocycles. The lowest BCUT2D eigenvalue weighted by molar-refractivity contribution is -0.199. The molecule has 6 heteroatoms. The number of esters is 1. The molecule has 0 spiro atoms. The van der Waals surface area contributed by atoms with Crippen molar-refractivity contribution in [1.82, 2.24) is 0 Å². The molecule has 25 heavy (non-hydrogen) atoms. The summed E-state index contributed by atoms with van der Waals surface area (Å²) in [7, 11) is 2.34. The van der Waals surface area contributed by atoms with Gasteiger partial charge in [0.05, 0.1) is 25.9 Å². The molecule has 5 nitrogen and oxygen atoms in total. The summed E-state index contributed by atoms with van der Waals surface area (Å²) >= 11 is 0. The number of methoxy groups -OCH3 is 2. The normalized spacial score (nSPS) is 34.9. The van der Waals surface area contributed by atoms with Gasteiger partial charge in [0.25, 0.3) is 0 Å². The summed E-state index contributed by atoms with van der Waals surface area (Å²) in [6.45, 7) is 6.82. The SMILES string of the molecule is COC(=O)c1c(OC)cccc1B1O[C@@H]2C[C@@H]3C[C@@H](C3(C)C)[C@]2(C)O1. The van der Waals surface area contributed by atoms with Gasteiger partial charge < -0.3 is 18.8 Å². The van der Waals surface area contributed by atoms with Gasteiger partial charge in [0.15, 0.2) is 0 Å². The summed E-state index contributed by atoms with van der Waals surface area (Å²) < 4.78 is 23.1. The lowest BCUT2D eigenvalue weighted by Gasteiger charge is -2.64. The number of hydrogen-bond donors (Lipinski definition) is 0. The fraction of sp³-hybridized carbons (Fsp3) is 0.632. The van der Waals surface area contributed by atoms with E-state index >= 15 is 0 Å². The van der Waals surface area contributed by atoms with Crippen molar-refractivity contribution in [2.75, 3.05) is 14.2 Å². The summed E-state index contributed by atoms with van der Waals surface area (Å²) in [6, 6.07) is 5.46. The minimum absolute atomic E-state index is 0.0611. The van der Waals surface area contributed by atoms with Gasteiger partial charge in [-0.05, 0) is 43.1 Å². The lowest BCUT2D eigenvalue weighted by atomic mass is 9.43. The van der Waals surface area contributed by atoms with Crippen LogP contribution in [0, 0.1) is 17.3 Å². The molecule has 0 radical (unpaired) electrons. The van der Waals surface area contributed by atoms with Gasteiger partial charge in [-0.15, -0.1) is 0 Å². The standard InChI is InChI=1S/C19H25BO5/c1-18(2)11-9-14(18)19(3)15(10-11)24-20(25-19)12-7-6-8-13(22-4)16(12)17(21)23-5/h6-8,11,14-15H,9-10H2,1-5H3/t11-,14-,15+,19-/m0/s1. The number of benzene rings is 1. The smallest absolute Gasteiger partial charge is 0.495 e. The Balaban J connectivity index is 1.70. The van der Waals surface area contributed by atoms with E-state index in [1.165, 1.54) is 13.5 Å². The topological polar surface area (TPSA) is 54.0 Å². The van der Waals surface area contributed by atoms with Gasteiger partial charge in [0.1, 0.15) is 11.3 Å². The molecule has 4 fully saturated rings. The molecular weight excluding hydrogens is 319 g/mol. The van der Waals surface area contributed by atoms with Crippen LogP contribution in [0.15, 0.2) is 18.2 Å². The predicted molar refractivity (Wildman–Crippen MR) is 94.1 cm³/mol. The van der Waals surface area contributed by atoms with Crippen molar-refractivity contribution in [3.05, 3.63) is 23.8 Å². The minimum atomic E-state index is -0.575. The highest BCUT2D eigenvalue weighted by Crippen LogP contribution is 2.65. The third kappa shape index (κ3) is 2.20. The predicted octanol–water partition coefficient (Wildman–Crippen LogP) is 2.42. The zero-order valence-corrected chi connectivity index (χ0v) is 15.5. The zero-order valence-electron chi connectivity index (χ0n) is 15.5. The summed E-state index contributed by atoms with van der Waals surface area (Å²) in [6.07, 6.45) is 2.26. The fourth-order valence-corrected chi connectivity index (χ4v) is 5.23. The number of carbonyl (C=O) groups is 1. The van der Waals surface area contributed by atoms with Crippen LogP contribution in [0.4, 0.5) is 0 Å². The number of hydrogen-bond acceptors (Lipinski definition) is 5. The molecule has 0 aromatic heterocycles. The number of carbonyl (C=O) groups excluding carboxylic acids is 1. The maximum absolute atomic E-state index is 12.3. The molecule has 1 heterocycles. The maximum Gasteiger partial charge on any atom is 0.495 e. The molecule has 134 valence electrons. The van der Waals surface area contributed by atoms with Crippen molar-refractivity contribution >= 4 is 18.6 Å². The van der Waals surface area contributed by atoms with Crippen LogP contribution in [0.25, 0.3) is 0 Å². The van der Waals surface area contributed by atoms with Crippen molar-refractivity contribution in [3.63, 3.8) is 0 Å². The molecule has 1 saturated heterocycles. The van der Waals surface area contributed by atoms with Crippen molar-refractivity contribution in [1.29, 1.82) is 0 Å². The molecule has 1 aliphatic heterocycles. The molecule has 4 atom stereocenters. The molecule has 1 aromatic rings. The van der Waals surface area contributed by atoms with E-state index in [0.717, 1.165) is 6.42 Å². The van der Waals surface area contributed by atoms with Crippen molar-refractivity contribution < 1.29 is 23.6 Å². The quantitative estimate of drug-likeness (QED) is 0.623. The van der Waals surface area contributed by atoms with Crippen LogP contribution in [0.5, 0.6) is 5.75 Å². The van der Waals surface area contributed by atoms with Gasteiger partial charge in [0.2, 0.25) is 0 Å². The minimum Gasteiger partial charge on any atom is -0.496 e. The Morgan fingerprint density at radius 3 is 2.64 bits per heavy atom. The first kappa shape index (κ1) is 16.9. The van der Waals surface area contributed by atoms with Crippen LogP contribution >= 0.6 is 0 Å². The third-order valence-corrected chi connectivity index (χ3v) is 6.87. The number of rotatable bonds is 3. The largest absolute Gasteiger partial charge is 0.496 e. The van der Waals surface area contributed by atoms with E-state index in [1.807, 2.05) is 12.1 Å². The summed E-state index contributed by atoms with van der Waals surface area (Å²) in [5.74, 6) is 1.19. The van der Waals surface area contributed by atoms with Gasteiger partial charge in [-0.1, -0.05) is 26.0 Å². The zero-order chi connectivity index (χ0) is 18.0. The number of ether oxygens (including phenoxy) is 2. The Kier molecular flexibility index (Phi) is 3.71. The molecular formula is C19H25BO5. The Hall–Kier alpha value is -1.53. The summed E-state index contributed by atoms with van der Waals surface area (Å²) in [4.78, 5) is 12.3. The Labute approximate surface area is 149 Å². The van der Waals surface area contributed by atoms with E-state index in [0.29, 0.717) is 28.6 Å². The van der Waals surface area contributed by atoms with Crippen LogP contribution < -0.4 is 10.2 Å². The molecule has 3 aliphatic carbocycles. The second-order valence-electron chi connectivity index (χ2n) is 8.22. The molecule has 0 unspecified atom stereocenters. The van der Waals surface area contributed by atoms with Crippen LogP contribution in [-0.4, -0.2) is 39.0 Å². The highest BCUT2D eigenvalue weighted by atomic mass is 16.7. The van der Waals surface area contributed by atoms with Crippen molar-refractivity contribution in [3.8, 4) is 5.75 Å². The van der Waals surface area contributed by atoms with Gasteiger partial charge >= 0.3 is 13.1 Å². The van der Waals surface area contributed by atoms with E-state index in [4.69, 9.17) is 18.8 Å². The van der Waals surface area contributed by atoms with E-state index in [2.05, 4.69) is 20.8 Å². The highest BCUT2D eigenvalue weighted by molar-refractivity contribution is 6.63. The molecule has 4 aliphatic rings. The van der Waals surface area contributed by atoms with Crippen molar-refractivity contribution in [2.24, 2.45) is 17.3 Å². The molecule has 5 rings (SSSR count). The summed E-state index contributed by atoms with van der Waals surface area (Å²) in [5.41, 5.74) is 1.02. The molecule has 0 N–H and O–H groups in total. The second-order valence-corrected chi connectivity index (χ2v) is 8.22. The van der Waals surface area contributed by atoms with Gasteiger partial charge in [-0.3, -0.25) is 0 Å². The van der Waals surface area contributed by atoms with Gasteiger partial charge in [0, 0.05) is 5.46 Å². The lowest BCUT2D eigenvalue weighted by Crippen LogP contribution is -2.65. The Morgan fingerprint density at radius 1 is 1.24 bits per heavy atom. The second kappa shape index (κ2) is 5.48. The molecule has 3 saturated carbocycles. The van der Waals surface area contributed by atoms with E-state index in [1.54, 1.807) is 13.2 Å². The monoisotopic (exact) mass is 344 g/mol. The highest BCUT2D eigenvalue weighted by Gasteiger charge is 2.68. The summed E-state index contributed by atoms with van der Waals surface area (Å²) in [5, 5.41) is 0. The van der Waals surface area contributed by atoms with Crippen LogP contribution in [0.3, 0.4) is 0 Å². The maximum atomic E-state index is 12.3. The van der Waals surface area contributed by atoms with E-state index in [-0.39, 0.29) is 17.1 Å². The Bertz CT molecular complexity index is 718. The van der Waals surface area contributed by atoms with E-state index in [9.17, 15) is 4.79 Å². The van der Waals surface area contributed by atoms with Crippen LogP contribution in [-0.2, 0) is 14.0 Å². The van der Waals surface area contributed by atoms with Crippen LogP contribution in [0.2, 0.25) is 0 Å². The molecule has 2 bridgehead atoms. The average Bonchev–Trinajstić information content (AvgIpc) is 2.96. The van der Waals surface area contributed by atoms with Crippen molar-refractivity contribution in [2.45, 2.75) is 45.3 Å². The van der Waals surface area contributed by atoms with Crippen LogP contribution in [0.1, 0.15) is 44.0 Å². The van der Waals surface area contributed by atoms with Gasteiger partial charge in [-0.25, -0.2) is 4.79 Å². The first-order valence-electron chi connectivity index (χ1n) is 8.91. The first-order valence-corrected chi connectivity index (χ1v) is 8.91.